The van der Waals surface area contributed by atoms with Gasteiger partial charge in [-0.1, -0.05) is 0 Å². The molecule has 104 valence electrons. The van der Waals surface area contributed by atoms with Crippen LogP contribution in [0.25, 0.3) is 0 Å². The van der Waals surface area contributed by atoms with Crippen LogP contribution in [-0.2, 0) is 12.2 Å². The van der Waals surface area contributed by atoms with Crippen molar-refractivity contribution in [2.24, 2.45) is 0 Å². The molecule has 2 heterocycles. The second-order valence-corrected chi connectivity index (χ2v) is 7.63. The summed E-state index contributed by atoms with van der Waals surface area (Å²) < 4.78 is 5.94. The fourth-order valence-electron chi connectivity index (χ4n) is 2.20. The van der Waals surface area contributed by atoms with E-state index in [1.54, 1.807) is 18.4 Å². The summed E-state index contributed by atoms with van der Waals surface area (Å²) >= 11 is 7.04. The van der Waals surface area contributed by atoms with Crippen molar-refractivity contribution in [3.05, 3.63) is 49.6 Å². The largest absolute Gasteiger partial charge is 0.497 e. The van der Waals surface area contributed by atoms with Gasteiger partial charge in [0.15, 0.2) is 0 Å². The number of rotatable bonds is 3. The zero-order valence-electron chi connectivity index (χ0n) is 10.9. The Hall–Kier alpha value is -0.780. The standard InChI is InChI=1S/C15H13BrO2S2/c1-18-10-2-3-11(12(16)7-10)15(17)14-6-9-8-19-5-4-13(9)20-14/h2-3,6-7H,4-5,8H2,1H3. The summed E-state index contributed by atoms with van der Waals surface area (Å²) in [6.45, 7) is 0. The van der Waals surface area contributed by atoms with E-state index in [0.29, 0.717) is 5.56 Å². The minimum Gasteiger partial charge on any atom is -0.497 e. The summed E-state index contributed by atoms with van der Waals surface area (Å²) in [6.07, 6.45) is 1.09. The highest BCUT2D eigenvalue weighted by molar-refractivity contribution is 9.10. The minimum atomic E-state index is 0.0870. The second kappa shape index (κ2) is 5.92. The Morgan fingerprint density at radius 3 is 2.90 bits per heavy atom. The van der Waals surface area contributed by atoms with E-state index < -0.39 is 0 Å². The molecule has 0 amide bonds. The van der Waals surface area contributed by atoms with Crippen molar-refractivity contribution in [3.8, 4) is 5.75 Å². The smallest absolute Gasteiger partial charge is 0.204 e. The SMILES string of the molecule is COc1ccc(C(=O)c2cc3c(s2)CCSC3)c(Br)c1. The van der Waals surface area contributed by atoms with Crippen LogP contribution in [0.5, 0.6) is 5.75 Å². The molecule has 0 spiro atoms. The van der Waals surface area contributed by atoms with E-state index in [2.05, 4.69) is 22.0 Å². The van der Waals surface area contributed by atoms with Gasteiger partial charge in [0.25, 0.3) is 0 Å². The highest BCUT2D eigenvalue weighted by Crippen LogP contribution is 2.34. The number of benzene rings is 1. The van der Waals surface area contributed by atoms with E-state index in [1.165, 1.54) is 10.4 Å². The number of halogens is 1. The van der Waals surface area contributed by atoms with Crippen LogP contribution in [0, 0.1) is 0 Å². The average molecular weight is 369 g/mol. The van der Waals surface area contributed by atoms with Gasteiger partial charge in [0.2, 0.25) is 5.78 Å². The molecule has 0 fully saturated rings. The lowest BCUT2D eigenvalue weighted by molar-refractivity contribution is 0.104. The summed E-state index contributed by atoms with van der Waals surface area (Å²) in [4.78, 5) is 14.8. The molecule has 0 atom stereocenters. The Morgan fingerprint density at radius 1 is 1.35 bits per heavy atom. The van der Waals surface area contributed by atoms with Gasteiger partial charge in [-0.2, -0.15) is 11.8 Å². The van der Waals surface area contributed by atoms with Gasteiger partial charge in [0.05, 0.1) is 12.0 Å². The highest BCUT2D eigenvalue weighted by atomic mass is 79.9. The van der Waals surface area contributed by atoms with E-state index in [9.17, 15) is 4.79 Å². The fraction of sp³-hybridized carbons (Fsp3) is 0.267. The number of carbonyl (C=O) groups is 1. The average Bonchev–Trinajstić information content (AvgIpc) is 2.90. The first-order valence-electron chi connectivity index (χ1n) is 6.26. The summed E-state index contributed by atoms with van der Waals surface area (Å²) in [7, 11) is 1.62. The van der Waals surface area contributed by atoms with Gasteiger partial charge in [0, 0.05) is 20.7 Å². The van der Waals surface area contributed by atoms with E-state index in [-0.39, 0.29) is 5.78 Å². The van der Waals surface area contributed by atoms with Crippen molar-refractivity contribution < 1.29 is 9.53 Å². The normalized spacial score (nSPS) is 13.9. The van der Waals surface area contributed by atoms with E-state index in [4.69, 9.17) is 4.74 Å². The lowest BCUT2D eigenvalue weighted by Crippen LogP contribution is -2.00. The number of methoxy groups -OCH3 is 1. The molecule has 1 aliphatic heterocycles. The van der Waals surface area contributed by atoms with E-state index in [1.807, 2.05) is 30.0 Å². The molecule has 0 saturated heterocycles. The van der Waals surface area contributed by atoms with Crippen LogP contribution in [0.2, 0.25) is 0 Å². The topological polar surface area (TPSA) is 26.3 Å². The molecule has 0 N–H and O–H groups in total. The van der Waals surface area contributed by atoms with E-state index in [0.717, 1.165) is 33.0 Å². The number of aryl methyl sites for hydroxylation is 1. The molecule has 2 nitrogen and oxygen atoms in total. The van der Waals surface area contributed by atoms with Gasteiger partial charge in [0.1, 0.15) is 5.75 Å². The zero-order chi connectivity index (χ0) is 14.1. The molecule has 2 aromatic rings. The second-order valence-electron chi connectivity index (χ2n) is 4.54. The van der Waals surface area contributed by atoms with Gasteiger partial charge in [-0.05, 0) is 57.9 Å². The van der Waals surface area contributed by atoms with Gasteiger partial charge < -0.3 is 4.74 Å². The Labute approximate surface area is 134 Å². The fourth-order valence-corrected chi connectivity index (χ4v) is 5.06. The highest BCUT2D eigenvalue weighted by Gasteiger charge is 2.20. The molecule has 0 aliphatic carbocycles. The molecular weight excluding hydrogens is 356 g/mol. The van der Waals surface area contributed by atoms with Gasteiger partial charge in [-0.15, -0.1) is 11.3 Å². The Balaban J connectivity index is 1.94. The predicted molar refractivity (Wildman–Crippen MR) is 88.3 cm³/mol. The maximum atomic E-state index is 12.6. The van der Waals surface area contributed by atoms with Crippen molar-refractivity contribution in [2.45, 2.75) is 12.2 Å². The summed E-state index contributed by atoms with van der Waals surface area (Å²) in [6, 6.07) is 7.53. The van der Waals surface area contributed by atoms with Crippen LogP contribution in [0.1, 0.15) is 25.7 Å². The van der Waals surface area contributed by atoms with Crippen molar-refractivity contribution in [2.75, 3.05) is 12.9 Å². The van der Waals surface area contributed by atoms with Gasteiger partial charge >= 0.3 is 0 Å². The molecule has 1 aromatic carbocycles. The number of carbonyl (C=O) groups excluding carboxylic acids is 1. The molecule has 0 radical (unpaired) electrons. The van der Waals surface area contributed by atoms with Crippen molar-refractivity contribution in [1.29, 1.82) is 0 Å². The third-order valence-corrected chi connectivity index (χ3v) is 6.17. The van der Waals surface area contributed by atoms with Gasteiger partial charge in [-0.3, -0.25) is 4.79 Å². The Kier molecular flexibility index (Phi) is 4.19. The molecule has 1 aromatic heterocycles. The molecule has 3 rings (SSSR count). The first-order valence-corrected chi connectivity index (χ1v) is 9.03. The van der Waals surface area contributed by atoms with Crippen LogP contribution in [0.15, 0.2) is 28.7 Å². The summed E-state index contributed by atoms with van der Waals surface area (Å²) in [5.74, 6) is 3.02. The van der Waals surface area contributed by atoms with Gasteiger partial charge in [-0.25, -0.2) is 0 Å². The Morgan fingerprint density at radius 2 is 2.20 bits per heavy atom. The number of hydrogen-bond acceptors (Lipinski definition) is 4. The van der Waals surface area contributed by atoms with Crippen LogP contribution in [0.3, 0.4) is 0 Å². The van der Waals surface area contributed by atoms with Crippen LogP contribution < -0.4 is 4.74 Å². The number of thioether (sulfide) groups is 1. The van der Waals surface area contributed by atoms with Crippen molar-refractivity contribution in [1.82, 2.24) is 0 Å². The summed E-state index contributed by atoms with van der Waals surface area (Å²) in [5.41, 5.74) is 2.02. The first kappa shape index (κ1) is 14.2. The van der Waals surface area contributed by atoms with Crippen LogP contribution in [-0.4, -0.2) is 18.6 Å². The van der Waals surface area contributed by atoms with Crippen molar-refractivity contribution in [3.63, 3.8) is 0 Å². The van der Waals surface area contributed by atoms with Crippen molar-refractivity contribution >= 4 is 44.8 Å². The monoisotopic (exact) mass is 368 g/mol. The lowest BCUT2D eigenvalue weighted by Gasteiger charge is -2.08. The Bertz CT molecular complexity index is 640. The maximum Gasteiger partial charge on any atom is 0.204 e. The number of thiophene rings is 1. The molecule has 1 aliphatic rings. The summed E-state index contributed by atoms with van der Waals surface area (Å²) in [5, 5.41) is 0. The predicted octanol–water partition coefficient (Wildman–Crippen LogP) is 4.54. The number of ketones is 1. The first-order chi connectivity index (χ1) is 9.69. The molecule has 20 heavy (non-hydrogen) atoms. The third-order valence-electron chi connectivity index (χ3n) is 3.27. The maximum absolute atomic E-state index is 12.6. The zero-order valence-corrected chi connectivity index (χ0v) is 14.2. The molecule has 5 heteroatoms. The number of fused-ring (bicyclic) bond motifs is 1. The molecule has 0 saturated carbocycles. The third kappa shape index (κ3) is 2.67. The minimum absolute atomic E-state index is 0.0870. The van der Waals surface area contributed by atoms with Crippen LogP contribution >= 0.6 is 39.0 Å². The molecule has 0 bridgehead atoms. The number of hydrogen-bond donors (Lipinski definition) is 0. The van der Waals surface area contributed by atoms with E-state index >= 15 is 0 Å². The quantitative estimate of drug-likeness (QED) is 0.743. The number of ether oxygens (including phenoxy) is 1. The molecule has 0 unspecified atom stereocenters. The van der Waals surface area contributed by atoms with Crippen LogP contribution in [0.4, 0.5) is 0 Å². The lowest BCUT2D eigenvalue weighted by atomic mass is 10.1. The molecular formula is C15H13BrO2S2.